The monoisotopic (exact) mass is 421 g/mol. The largest absolute Gasteiger partial charge is 0.477 e. The van der Waals surface area contributed by atoms with Gasteiger partial charge in [0.1, 0.15) is 11.8 Å². The number of fused-ring (bicyclic) bond motifs is 2. The quantitative estimate of drug-likeness (QED) is 0.784. The maximum atomic E-state index is 12.8. The van der Waals surface area contributed by atoms with Crippen LogP contribution in [0.1, 0.15) is 53.0 Å². The number of halogens is 3. The molecule has 3 heterocycles. The van der Waals surface area contributed by atoms with Crippen LogP contribution >= 0.6 is 0 Å². The summed E-state index contributed by atoms with van der Waals surface area (Å²) in [5.74, 6) is -1.27. The first-order valence-electron chi connectivity index (χ1n) is 9.37. The van der Waals surface area contributed by atoms with Gasteiger partial charge in [-0.05, 0) is 50.8 Å². The number of aryl methyl sites for hydroxylation is 1. The molecule has 1 aliphatic carbocycles. The molecule has 1 fully saturated rings. The summed E-state index contributed by atoms with van der Waals surface area (Å²) in [5, 5.41) is 12.0. The summed E-state index contributed by atoms with van der Waals surface area (Å²) in [7, 11) is 0. The minimum atomic E-state index is -4.47. The van der Waals surface area contributed by atoms with E-state index in [1.807, 2.05) is 0 Å². The number of ether oxygens (including phenoxy) is 1. The topological polar surface area (TPSA) is 101 Å². The number of hydrogen-bond acceptors (Lipinski definition) is 5. The van der Waals surface area contributed by atoms with Gasteiger partial charge in [-0.3, -0.25) is 4.79 Å². The minimum Gasteiger partial charge on any atom is -0.477 e. The molecule has 0 radical (unpaired) electrons. The Morgan fingerprint density at radius 2 is 2.00 bits per heavy atom. The van der Waals surface area contributed by atoms with Crippen LogP contribution < -0.4 is 10.1 Å². The zero-order valence-electron chi connectivity index (χ0n) is 15.9. The van der Waals surface area contributed by atoms with Crippen molar-refractivity contribution in [2.75, 3.05) is 5.32 Å². The number of carboxylic acid groups (broad SMARTS) is 1. The van der Waals surface area contributed by atoms with E-state index in [0.717, 1.165) is 12.3 Å². The van der Waals surface area contributed by atoms with Gasteiger partial charge in [-0.2, -0.15) is 13.2 Å². The molecule has 158 valence electrons. The number of nitrogens with zero attached hydrogens (tertiary/aromatic N) is 2. The average molecular weight is 421 g/mol. The first-order chi connectivity index (χ1) is 14.1. The number of carboxylic acids is 1. The molecule has 0 bridgehead atoms. The first kappa shape index (κ1) is 20.1. The fourth-order valence-electron chi connectivity index (χ4n) is 4.06. The summed E-state index contributed by atoms with van der Waals surface area (Å²) in [6.45, 7) is 1.50. The highest BCUT2D eigenvalue weighted by molar-refractivity contribution is 6.06. The molecule has 1 saturated carbocycles. The lowest BCUT2D eigenvalue weighted by atomic mass is 9.71. The number of rotatable bonds is 3. The number of hydrogen-bond donors (Lipinski definition) is 2. The average Bonchev–Trinajstić information content (AvgIpc) is 2.95. The molecular weight excluding hydrogens is 403 g/mol. The molecule has 2 aromatic heterocycles. The Balaban J connectivity index is 1.51. The second-order valence-corrected chi connectivity index (χ2v) is 7.60. The fourth-order valence-corrected chi connectivity index (χ4v) is 4.06. The normalized spacial score (nSPS) is 23.2. The molecule has 1 spiro atoms. The molecule has 1 amide bonds. The Morgan fingerprint density at radius 1 is 1.30 bits per heavy atom. The molecular formula is C20H18F3N3O4. The number of anilines is 1. The van der Waals surface area contributed by atoms with E-state index >= 15 is 0 Å². The molecule has 2 N–H and O–H groups in total. The van der Waals surface area contributed by atoms with Gasteiger partial charge in [-0.1, -0.05) is 0 Å². The molecule has 4 rings (SSSR count). The summed E-state index contributed by atoms with van der Waals surface area (Å²) in [4.78, 5) is 31.9. The van der Waals surface area contributed by atoms with Gasteiger partial charge in [-0.15, -0.1) is 0 Å². The third-order valence-corrected chi connectivity index (χ3v) is 5.67. The van der Waals surface area contributed by atoms with Gasteiger partial charge in [0.25, 0.3) is 0 Å². The second kappa shape index (κ2) is 6.96. The summed E-state index contributed by atoms with van der Waals surface area (Å²) < 4.78 is 44.2. The number of pyridine rings is 2. The number of carbonyl (C=O) groups is 2. The number of aromatic carboxylic acids is 1. The van der Waals surface area contributed by atoms with Crippen LogP contribution in [-0.4, -0.2) is 33.1 Å². The Labute approximate surface area is 169 Å². The lowest BCUT2D eigenvalue weighted by molar-refractivity contribution is -0.137. The van der Waals surface area contributed by atoms with Crippen LogP contribution in [0.25, 0.3) is 0 Å². The number of nitrogens with one attached hydrogen (secondary N) is 1. The van der Waals surface area contributed by atoms with Crippen LogP contribution in [0.5, 0.6) is 5.88 Å². The smallest absolute Gasteiger partial charge is 0.417 e. The van der Waals surface area contributed by atoms with E-state index in [0.29, 0.717) is 37.1 Å². The van der Waals surface area contributed by atoms with Crippen LogP contribution in [0.4, 0.5) is 18.9 Å². The third kappa shape index (κ3) is 3.35. The van der Waals surface area contributed by atoms with Crippen molar-refractivity contribution < 1.29 is 32.6 Å². The maximum absolute atomic E-state index is 12.8. The second-order valence-electron chi connectivity index (χ2n) is 7.60. The molecule has 2 aromatic rings. The van der Waals surface area contributed by atoms with E-state index in [4.69, 9.17) is 4.74 Å². The SMILES string of the molecule is Cc1cc(C(F)(F)F)cnc1O[C@H]1CC[C@@]2(CC1)C(=O)Nc1ccc(C(=O)O)nc12. The first-order valence-corrected chi connectivity index (χ1v) is 9.37. The van der Waals surface area contributed by atoms with Crippen molar-refractivity contribution >= 4 is 17.6 Å². The molecule has 30 heavy (non-hydrogen) atoms. The van der Waals surface area contributed by atoms with Gasteiger partial charge < -0.3 is 15.2 Å². The summed E-state index contributed by atoms with van der Waals surface area (Å²) in [5.41, 5.74) is -0.688. The van der Waals surface area contributed by atoms with Crippen molar-refractivity contribution in [2.24, 2.45) is 0 Å². The highest BCUT2D eigenvalue weighted by Gasteiger charge is 2.50. The van der Waals surface area contributed by atoms with Crippen molar-refractivity contribution in [1.82, 2.24) is 9.97 Å². The third-order valence-electron chi connectivity index (χ3n) is 5.67. The fraction of sp³-hybridized carbons (Fsp3) is 0.400. The highest BCUT2D eigenvalue weighted by Crippen LogP contribution is 2.47. The number of amides is 1. The predicted molar refractivity (Wildman–Crippen MR) is 98.4 cm³/mol. The highest BCUT2D eigenvalue weighted by atomic mass is 19.4. The Bertz CT molecular complexity index is 1030. The van der Waals surface area contributed by atoms with Gasteiger partial charge in [0.05, 0.1) is 22.4 Å². The Morgan fingerprint density at radius 3 is 2.60 bits per heavy atom. The van der Waals surface area contributed by atoms with E-state index in [1.54, 1.807) is 0 Å². The van der Waals surface area contributed by atoms with Crippen LogP contribution in [0.2, 0.25) is 0 Å². The summed E-state index contributed by atoms with van der Waals surface area (Å²) in [6.07, 6.45) is -2.39. The van der Waals surface area contributed by atoms with E-state index in [-0.39, 0.29) is 29.1 Å². The number of carbonyl (C=O) groups excluding carboxylic acids is 1. The van der Waals surface area contributed by atoms with Crippen LogP contribution in [0.15, 0.2) is 24.4 Å². The van der Waals surface area contributed by atoms with Crippen molar-refractivity contribution in [2.45, 2.75) is 50.3 Å². The molecule has 0 atom stereocenters. The standard InChI is InChI=1S/C20H18F3N3O4/c1-10-8-11(20(21,22)23)9-24-16(10)30-12-4-6-19(7-5-12)15-13(26-18(19)29)2-3-14(25-15)17(27)28/h2-3,8-9,12H,4-7H2,1H3,(H,26,29)(H,27,28)/t12-,19-. The van der Waals surface area contributed by atoms with Crippen molar-refractivity contribution in [3.8, 4) is 5.88 Å². The zero-order chi connectivity index (χ0) is 21.7. The van der Waals surface area contributed by atoms with Crippen molar-refractivity contribution in [3.05, 3.63) is 46.9 Å². The predicted octanol–water partition coefficient (Wildman–Crippen LogP) is 3.71. The molecule has 0 saturated heterocycles. The van der Waals surface area contributed by atoms with Gasteiger partial charge >= 0.3 is 12.1 Å². The van der Waals surface area contributed by atoms with E-state index < -0.39 is 23.1 Å². The molecule has 10 heteroatoms. The Hall–Kier alpha value is -3.17. The summed E-state index contributed by atoms with van der Waals surface area (Å²) >= 11 is 0. The maximum Gasteiger partial charge on any atom is 0.417 e. The van der Waals surface area contributed by atoms with E-state index in [1.165, 1.54) is 19.1 Å². The van der Waals surface area contributed by atoms with Crippen LogP contribution in [-0.2, 0) is 16.4 Å². The summed E-state index contributed by atoms with van der Waals surface area (Å²) in [6, 6.07) is 3.87. The number of alkyl halides is 3. The zero-order valence-corrected chi connectivity index (χ0v) is 15.9. The molecule has 0 aromatic carbocycles. The lowest BCUT2D eigenvalue weighted by Crippen LogP contribution is -2.41. The van der Waals surface area contributed by atoms with Crippen molar-refractivity contribution in [3.63, 3.8) is 0 Å². The van der Waals surface area contributed by atoms with Gasteiger partial charge in [0, 0.05) is 11.8 Å². The van der Waals surface area contributed by atoms with Gasteiger partial charge in [-0.25, -0.2) is 14.8 Å². The molecule has 7 nitrogen and oxygen atoms in total. The van der Waals surface area contributed by atoms with E-state index in [2.05, 4.69) is 15.3 Å². The minimum absolute atomic E-state index is 0.131. The van der Waals surface area contributed by atoms with Crippen LogP contribution in [0, 0.1) is 6.92 Å². The Kier molecular flexibility index (Phi) is 4.67. The lowest BCUT2D eigenvalue weighted by Gasteiger charge is -2.35. The molecule has 1 aliphatic heterocycles. The number of aromatic nitrogens is 2. The van der Waals surface area contributed by atoms with E-state index in [9.17, 15) is 27.9 Å². The van der Waals surface area contributed by atoms with Crippen molar-refractivity contribution in [1.29, 1.82) is 0 Å². The molecule has 0 unspecified atom stereocenters. The molecule has 2 aliphatic rings. The van der Waals surface area contributed by atoms with Gasteiger partial charge in [0.2, 0.25) is 11.8 Å². The van der Waals surface area contributed by atoms with Gasteiger partial charge in [0.15, 0.2) is 0 Å². The van der Waals surface area contributed by atoms with Crippen LogP contribution in [0.3, 0.4) is 0 Å².